The second kappa shape index (κ2) is 13.2. The number of carbonyl (C=O) groups excluding carboxylic acids is 3. The van der Waals surface area contributed by atoms with Crippen molar-refractivity contribution < 1.29 is 33.3 Å². The molecule has 34 heavy (non-hydrogen) atoms. The third-order valence-corrected chi connectivity index (χ3v) is 5.88. The average Bonchev–Trinajstić information content (AvgIpc) is 2.81. The highest BCUT2D eigenvalue weighted by Gasteiger charge is 2.29. The summed E-state index contributed by atoms with van der Waals surface area (Å²) in [6.45, 7) is 7.81. The predicted octanol–water partition coefficient (Wildman–Crippen LogP) is 4.39. The highest BCUT2D eigenvalue weighted by Crippen LogP contribution is 2.24. The van der Waals surface area contributed by atoms with Crippen molar-refractivity contribution >= 4 is 18.0 Å². The minimum atomic E-state index is -0.974. The molecule has 1 aliphatic rings. The molecule has 1 aromatic carbocycles. The molecule has 0 atom stereocenters. The van der Waals surface area contributed by atoms with Gasteiger partial charge in [0.2, 0.25) is 0 Å². The third-order valence-electron chi connectivity index (χ3n) is 5.88. The molecule has 1 saturated heterocycles. The van der Waals surface area contributed by atoms with Gasteiger partial charge < -0.3 is 23.8 Å². The van der Waals surface area contributed by atoms with Crippen LogP contribution in [0.25, 0.3) is 0 Å². The normalized spacial score (nSPS) is 14.6. The van der Waals surface area contributed by atoms with Crippen LogP contribution in [-0.2, 0) is 30.2 Å². The molecule has 0 aliphatic carbocycles. The highest BCUT2D eigenvalue weighted by molar-refractivity contribution is 5.95. The second-order valence-electron chi connectivity index (χ2n) is 9.70. The molecule has 1 heterocycles. The molecule has 8 nitrogen and oxygen atoms in total. The van der Waals surface area contributed by atoms with Crippen LogP contribution in [0.3, 0.4) is 0 Å². The van der Waals surface area contributed by atoms with Gasteiger partial charge in [-0.2, -0.15) is 0 Å². The van der Waals surface area contributed by atoms with E-state index in [1.165, 1.54) is 14.2 Å². The highest BCUT2D eigenvalue weighted by atomic mass is 16.6. The van der Waals surface area contributed by atoms with Crippen molar-refractivity contribution in [3.05, 3.63) is 29.8 Å². The molecular weight excluding hydrogens is 438 g/mol. The average molecular weight is 478 g/mol. The van der Waals surface area contributed by atoms with Gasteiger partial charge in [-0.3, -0.25) is 9.59 Å². The first kappa shape index (κ1) is 27.5. The van der Waals surface area contributed by atoms with Gasteiger partial charge in [-0.15, -0.1) is 0 Å². The Morgan fingerprint density at radius 2 is 1.56 bits per heavy atom. The molecule has 0 N–H and O–H groups in total. The van der Waals surface area contributed by atoms with Crippen molar-refractivity contribution in [2.75, 3.05) is 33.9 Å². The summed E-state index contributed by atoms with van der Waals surface area (Å²) in [4.78, 5) is 37.6. The van der Waals surface area contributed by atoms with E-state index in [2.05, 4.69) is 0 Å². The van der Waals surface area contributed by atoms with Crippen molar-refractivity contribution in [3.8, 4) is 5.75 Å². The number of carbonyl (C=O) groups is 3. The summed E-state index contributed by atoms with van der Waals surface area (Å²) in [5, 5.41) is 0. The zero-order chi connectivity index (χ0) is 25.1. The molecule has 0 unspecified atom stereocenters. The molecule has 0 bridgehead atoms. The van der Waals surface area contributed by atoms with E-state index < -0.39 is 23.5 Å². The van der Waals surface area contributed by atoms with Crippen molar-refractivity contribution in [3.63, 3.8) is 0 Å². The number of ether oxygens (including phenoxy) is 4. The van der Waals surface area contributed by atoms with Crippen molar-refractivity contribution in [1.82, 2.24) is 4.90 Å². The minimum Gasteiger partial charge on any atom is -0.494 e. The maximum absolute atomic E-state index is 12.2. The summed E-state index contributed by atoms with van der Waals surface area (Å²) >= 11 is 0. The fourth-order valence-electron chi connectivity index (χ4n) is 3.96. The van der Waals surface area contributed by atoms with Crippen LogP contribution < -0.4 is 4.74 Å². The maximum Gasteiger partial charge on any atom is 0.410 e. The van der Waals surface area contributed by atoms with E-state index >= 15 is 0 Å². The Kier molecular flexibility index (Phi) is 10.7. The number of rotatable bonds is 10. The molecule has 2 rings (SSSR count). The largest absolute Gasteiger partial charge is 0.494 e. The lowest BCUT2D eigenvalue weighted by Gasteiger charge is -2.33. The number of benzene rings is 1. The summed E-state index contributed by atoms with van der Waals surface area (Å²) in [5.74, 6) is -0.805. The van der Waals surface area contributed by atoms with Crippen molar-refractivity contribution in [2.45, 2.75) is 64.9 Å². The monoisotopic (exact) mass is 477 g/mol. The number of esters is 2. The van der Waals surface area contributed by atoms with Crippen LogP contribution in [0, 0.1) is 11.8 Å². The fraction of sp³-hybridized carbons (Fsp3) is 0.654. The molecule has 1 aliphatic heterocycles. The molecule has 0 spiro atoms. The number of nitrogens with zero attached hydrogens (tertiary/aromatic N) is 1. The van der Waals surface area contributed by atoms with E-state index in [4.69, 9.17) is 18.9 Å². The SMILES string of the molecule is COC(=O)C(Cc1ccc(OCCCCC2CCN(C(=O)OC(C)(C)C)CC2)cc1)C(=O)OC. The molecule has 1 aromatic rings. The van der Waals surface area contributed by atoms with E-state index in [1.807, 2.05) is 49.9 Å². The Morgan fingerprint density at radius 1 is 0.971 bits per heavy atom. The first-order valence-corrected chi connectivity index (χ1v) is 12.0. The minimum absolute atomic E-state index is 0.212. The summed E-state index contributed by atoms with van der Waals surface area (Å²) in [7, 11) is 2.50. The number of likely N-dealkylation sites (tertiary alicyclic amines) is 1. The van der Waals surface area contributed by atoms with Crippen LogP contribution in [-0.4, -0.2) is 62.4 Å². The van der Waals surface area contributed by atoms with Crippen LogP contribution in [0.2, 0.25) is 0 Å². The Hall–Kier alpha value is -2.77. The van der Waals surface area contributed by atoms with E-state index in [0.717, 1.165) is 56.5 Å². The van der Waals surface area contributed by atoms with Crippen molar-refractivity contribution in [1.29, 1.82) is 0 Å². The maximum atomic E-state index is 12.2. The van der Waals surface area contributed by atoms with Gasteiger partial charge in [0.05, 0.1) is 20.8 Å². The second-order valence-corrected chi connectivity index (χ2v) is 9.70. The van der Waals surface area contributed by atoms with E-state index in [0.29, 0.717) is 12.5 Å². The van der Waals surface area contributed by atoms with Gasteiger partial charge in [-0.05, 0) is 76.5 Å². The Morgan fingerprint density at radius 3 is 2.09 bits per heavy atom. The zero-order valence-corrected chi connectivity index (χ0v) is 21.1. The number of hydrogen-bond donors (Lipinski definition) is 0. The number of methoxy groups -OCH3 is 2. The first-order chi connectivity index (χ1) is 16.1. The van der Waals surface area contributed by atoms with Crippen LogP contribution >= 0.6 is 0 Å². The number of piperidine rings is 1. The van der Waals surface area contributed by atoms with E-state index in [9.17, 15) is 14.4 Å². The van der Waals surface area contributed by atoms with Crippen molar-refractivity contribution in [2.24, 2.45) is 11.8 Å². The summed E-state index contributed by atoms with van der Waals surface area (Å²) in [5.41, 5.74) is 0.369. The summed E-state index contributed by atoms with van der Waals surface area (Å²) < 4.78 is 20.7. The van der Waals surface area contributed by atoms with Crippen LogP contribution in [0.5, 0.6) is 5.75 Å². The Bertz CT molecular complexity index is 776. The number of hydrogen-bond acceptors (Lipinski definition) is 7. The smallest absolute Gasteiger partial charge is 0.410 e. The van der Waals surface area contributed by atoms with Gasteiger partial charge in [0, 0.05) is 13.1 Å². The quantitative estimate of drug-likeness (QED) is 0.214. The van der Waals surface area contributed by atoms with Gasteiger partial charge in [-0.25, -0.2) is 4.79 Å². The molecule has 190 valence electrons. The molecule has 8 heteroatoms. The molecule has 1 amide bonds. The van der Waals surface area contributed by atoms with Crippen LogP contribution in [0.15, 0.2) is 24.3 Å². The Balaban J connectivity index is 1.65. The standard InChI is InChI=1S/C26H39NO7/c1-26(2,3)34-25(30)27-15-13-19(14-16-27)8-6-7-17-33-21-11-9-20(10-12-21)18-22(23(28)31-4)24(29)32-5/h9-12,19,22H,6-8,13-18H2,1-5H3. The molecule has 0 saturated carbocycles. The van der Waals surface area contributed by atoms with Gasteiger partial charge in [0.25, 0.3) is 0 Å². The zero-order valence-electron chi connectivity index (χ0n) is 21.1. The number of amides is 1. The van der Waals surface area contributed by atoms with Gasteiger partial charge in [0.1, 0.15) is 11.4 Å². The lowest BCUT2D eigenvalue weighted by atomic mass is 9.92. The van der Waals surface area contributed by atoms with Crippen LogP contribution in [0.4, 0.5) is 4.79 Å². The lowest BCUT2D eigenvalue weighted by molar-refractivity contribution is -0.158. The molecular formula is C26H39NO7. The molecule has 1 fully saturated rings. The molecule has 0 aromatic heterocycles. The third kappa shape index (κ3) is 9.23. The Labute approximate surface area is 202 Å². The number of unbranched alkanes of at least 4 members (excludes halogenated alkanes) is 1. The molecule has 0 radical (unpaired) electrons. The topological polar surface area (TPSA) is 91.4 Å². The van der Waals surface area contributed by atoms with E-state index in [1.54, 1.807) is 0 Å². The first-order valence-electron chi connectivity index (χ1n) is 12.0. The van der Waals surface area contributed by atoms with Gasteiger partial charge in [-0.1, -0.05) is 18.6 Å². The van der Waals surface area contributed by atoms with Gasteiger partial charge >= 0.3 is 18.0 Å². The van der Waals surface area contributed by atoms with Gasteiger partial charge in [0.15, 0.2) is 5.92 Å². The fourth-order valence-corrected chi connectivity index (χ4v) is 3.96. The predicted molar refractivity (Wildman–Crippen MR) is 128 cm³/mol. The summed E-state index contributed by atoms with van der Waals surface area (Å²) in [6.07, 6.45) is 5.20. The lowest BCUT2D eigenvalue weighted by Crippen LogP contribution is -2.41. The summed E-state index contributed by atoms with van der Waals surface area (Å²) in [6, 6.07) is 7.36. The van der Waals surface area contributed by atoms with E-state index in [-0.39, 0.29) is 12.5 Å². The van der Waals surface area contributed by atoms with Crippen LogP contribution in [0.1, 0.15) is 58.4 Å².